The Bertz CT molecular complexity index is 544. The molecule has 21 heavy (non-hydrogen) atoms. The largest absolute Gasteiger partial charge is 0.397 e. The number of aliphatic hydroxyl groups is 1. The van der Waals surface area contributed by atoms with Crippen LogP contribution in [-0.2, 0) is 10.0 Å². The normalized spacial score (nSPS) is 11.8. The minimum Gasteiger partial charge on any atom is -0.397 e. The van der Waals surface area contributed by atoms with Gasteiger partial charge in [-0.1, -0.05) is 12.8 Å². The molecule has 0 radical (unpaired) electrons. The van der Waals surface area contributed by atoms with Crippen LogP contribution in [0.2, 0.25) is 0 Å². The first kappa shape index (κ1) is 17.7. The summed E-state index contributed by atoms with van der Waals surface area (Å²) in [4.78, 5) is 0.193. The number of nitrogen functional groups attached to an aromatic ring is 1. The van der Waals surface area contributed by atoms with E-state index in [2.05, 4.69) is 5.32 Å². The Morgan fingerprint density at radius 2 is 1.86 bits per heavy atom. The highest BCUT2D eigenvalue weighted by molar-refractivity contribution is 7.89. The molecule has 7 heteroatoms. The fourth-order valence-corrected chi connectivity index (χ4v) is 2.82. The van der Waals surface area contributed by atoms with Crippen LogP contribution in [0.25, 0.3) is 0 Å². The highest BCUT2D eigenvalue weighted by atomic mass is 32.2. The van der Waals surface area contributed by atoms with Crippen LogP contribution >= 0.6 is 0 Å². The van der Waals surface area contributed by atoms with E-state index in [-0.39, 0.29) is 11.5 Å². The monoisotopic (exact) mass is 315 g/mol. The van der Waals surface area contributed by atoms with Crippen LogP contribution in [0, 0.1) is 0 Å². The van der Waals surface area contributed by atoms with Gasteiger partial charge < -0.3 is 16.2 Å². The van der Waals surface area contributed by atoms with E-state index in [4.69, 9.17) is 10.8 Å². The van der Waals surface area contributed by atoms with Crippen molar-refractivity contribution >= 4 is 21.4 Å². The van der Waals surface area contributed by atoms with Crippen molar-refractivity contribution in [1.82, 2.24) is 4.31 Å². The van der Waals surface area contributed by atoms with Crippen LogP contribution in [0.1, 0.15) is 25.7 Å². The molecule has 0 saturated carbocycles. The van der Waals surface area contributed by atoms with Crippen molar-refractivity contribution in [2.45, 2.75) is 30.6 Å². The van der Waals surface area contributed by atoms with E-state index in [9.17, 15) is 8.42 Å². The summed E-state index contributed by atoms with van der Waals surface area (Å²) in [6.07, 6.45) is 3.87. The number of nitrogens with zero attached hydrogens (tertiary/aromatic N) is 1. The van der Waals surface area contributed by atoms with E-state index in [1.165, 1.54) is 20.2 Å². The molecule has 0 spiro atoms. The first-order valence-electron chi connectivity index (χ1n) is 7.06. The lowest BCUT2D eigenvalue weighted by molar-refractivity contribution is 0.283. The molecule has 0 fully saturated rings. The molecule has 6 nitrogen and oxygen atoms in total. The minimum absolute atomic E-state index is 0.193. The summed E-state index contributed by atoms with van der Waals surface area (Å²) in [5.41, 5.74) is 7.07. The number of hydrogen-bond acceptors (Lipinski definition) is 5. The third kappa shape index (κ3) is 5.18. The van der Waals surface area contributed by atoms with Gasteiger partial charge in [-0.15, -0.1) is 0 Å². The summed E-state index contributed by atoms with van der Waals surface area (Å²) in [5, 5.41) is 11.9. The second-order valence-corrected chi connectivity index (χ2v) is 7.25. The molecule has 0 aliphatic rings. The third-order valence-corrected chi connectivity index (χ3v) is 5.01. The highest BCUT2D eigenvalue weighted by Crippen LogP contribution is 2.24. The Hall–Kier alpha value is -1.31. The summed E-state index contributed by atoms with van der Waals surface area (Å²) in [5.74, 6) is 0. The molecular formula is C14H25N3O3S. The van der Waals surface area contributed by atoms with Crippen LogP contribution in [0.5, 0.6) is 0 Å². The van der Waals surface area contributed by atoms with Crippen molar-refractivity contribution in [3.63, 3.8) is 0 Å². The summed E-state index contributed by atoms with van der Waals surface area (Å²) < 4.78 is 25.1. The van der Waals surface area contributed by atoms with Gasteiger partial charge in [0.2, 0.25) is 10.0 Å². The van der Waals surface area contributed by atoms with Crippen molar-refractivity contribution in [3.05, 3.63) is 18.2 Å². The predicted molar refractivity (Wildman–Crippen MR) is 85.8 cm³/mol. The van der Waals surface area contributed by atoms with Gasteiger partial charge in [0.15, 0.2) is 0 Å². The zero-order valence-corrected chi connectivity index (χ0v) is 13.5. The molecule has 120 valence electrons. The molecule has 0 unspecified atom stereocenters. The Morgan fingerprint density at radius 1 is 1.19 bits per heavy atom. The first-order chi connectivity index (χ1) is 9.89. The number of unbranched alkanes of at least 4 members (excludes halogenated alkanes) is 3. The number of rotatable bonds is 9. The Labute approximate surface area is 127 Å². The van der Waals surface area contributed by atoms with Crippen LogP contribution in [0.3, 0.4) is 0 Å². The van der Waals surface area contributed by atoms with Crippen LogP contribution in [-0.4, -0.2) is 45.1 Å². The van der Waals surface area contributed by atoms with Gasteiger partial charge in [-0.2, -0.15) is 0 Å². The van der Waals surface area contributed by atoms with Crippen molar-refractivity contribution in [1.29, 1.82) is 0 Å². The Morgan fingerprint density at radius 3 is 2.43 bits per heavy atom. The van der Waals surface area contributed by atoms with Crippen molar-refractivity contribution in [2.75, 3.05) is 38.3 Å². The van der Waals surface area contributed by atoms with E-state index in [1.54, 1.807) is 12.1 Å². The second kappa shape index (κ2) is 8.21. The average molecular weight is 315 g/mol. The summed E-state index contributed by atoms with van der Waals surface area (Å²) in [6.45, 7) is 1.01. The van der Waals surface area contributed by atoms with Gasteiger partial charge in [-0.25, -0.2) is 12.7 Å². The van der Waals surface area contributed by atoms with Crippen LogP contribution in [0.4, 0.5) is 11.4 Å². The van der Waals surface area contributed by atoms with E-state index in [0.717, 1.165) is 42.2 Å². The smallest absolute Gasteiger partial charge is 0.242 e. The molecule has 0 heterocycles. The zero-order chi connectivity index (χ0) is 15.9. The molecular weight excluding hydrogens is 290 g/mol. The minimum atomic E-state index is -3.45. The summed E-state index contributed by atoms with van der Waals surface area (Å²) in [6, 6.07) is 4.72. The molecule has 0 saturated heterocycles. The predicted octanol–water partition coefficient (Wildman–Crippen LogP) is 1.48. The van der Waals surface area contributed by atoms with E-state index >= 15 is 0 Å². The molecule has 0 bridgehead atoms. The van der Waals surface area contributed by atoms with Crippen molar-refractivity contribution in [3.8, 4) is 0 Å². The maximum atomic E-state index is 12.0. The standard InChI is InChI=1S/C14H25N3O3S/c1-17(2)21(19,20)12-7-8-14(13(15)11-12)16-9-5-3-4-6-10-18/h7-8,11,16,18H,3-6,9-10,15H2,1-2H3. The SMILES string of the molecule is CN(C)S(=O)(=O)c1ccc(NCCCCCCO)c(N)c1. The molecule has 0 aliphatic carbocycles. The topological polar surface area (TPSA) is 95.7 Å². The molecule has 0 aliphatic heterocycles. The Balaban J connectivity index is 2.59. The van der Waals surface area contributed by atoms with Gasteiger partial charge in [-0.05, 0) is 31.0 Å². The average Bonchev–Trinajstić information content (AvgIpc) is 2.43. The van der Waals surface area contributed by atoms with Gasteiger partial charge in [0.25, 0.3) is 0 Å². The fourth-order valence-electron chi connectivity index (χ4n) is 1.89. The lowest BCUT2D eigenvalue weighted by Crippen LogP contribution is -2.22. The molecule has 0 atom stereocenters. The number of benzene rings is 1. The molecule has 0 amide bonds. The molecule has 1 aromatic rings. The summed E-state index contributed by atoms with van der Waals surface area (Å²) >= 11 is 0. The molecule has 1 aromatic carbocycles. The van der Waals surface area contributed by atoms with Crippen molar-refractivity contribution in [2.24, 2.45) is 0 Å². The van der Waals surface area contributed by atoms with E-state index in [0.29, 0.717) is 5.69 Å². The molecule has 1 rings (SSSR count). The first-order valence-corrected chi connectivity index (χ1v) is 8.50. The van der Waals surface area contributed by atoms with Crippen molar-refractivity contribution < 1.29 is 13.5 Å². The van der Waals surface area contributed by atoms with Gasteiger partial charge >= 0.3 is 0 Å². The molecule has 0 aromatic heterocycles. The van der Waals surface area contributed by atoms with Crippen LogP contribution < -0.4 is 11.1 Å². The van der Waals surface area contributed by atoms with E-state index in [1.807, 2.05) is 0 Å². The maximum Gasteiger partial charge on any atom is 0.242 e. The quantitative estimate of drug-likeness (QED) is 0.474. The number of nitrogens with two attached hydrogens (primary N) is 1. The van der Waals surface area contributed by atoms with Gasteiger partial charge in [0.1, 0.15) is 0 Å². The second-order valence-electron chi connectivity index (χ2n) is 5.10. The summed E-state index contributed by atoms with van der Waals surface area (Å²) in [7, 11) is -0.469. The number of sulfonamides is 1. The van der Waals surface area contributed by atoms with E-state index < -0.39 is 10.0 Å². The lowest BCUT2D eigenvalue weighted by Gasteiger charge is -2.14. The fraction of sp³-hybridized carbons (Fsp3) is 0.571. The highest BCUT2D eigenvalue weighted by Gasteiger charge is 2.17. The number of nitrogens with one attached hydrogen (secondary N) is 1. The number of hydrogen-bond donors (Lipinski definition) is 3. The van der Waals surface area contributed by atoms with Gasteiger partial charge in [0.05, 0.1) is 16.3 Å². The Kier molecular flexibility index (Phi) is 6.94. The van der Waals surface area contributed by atoms with Crippen LogP contribution in [0.15, 0.2) is 23.1 Å². The zero-order valence-electron chi connectivity index (χ0n) is 12.7. The lowest BCUT2D eigenvalue weighted by atomic mass is 10.2. The number of anilines is 2. The maximum absolute atomic E-state index is 12.0. The van der Waals surface area contributed by atoms with Gasteiger partial charge in [-0.3, -0.25) is 0 Å². The van der Waals surface area contributed by atoms with Gasteiger partial charge in [0, 0.05) is 27.2 Å². The number of aliphatic hydroxyl groups excluding tert-OH is 1. The third-order valence-electron chi connectivity index (χ3n) is 3.20. The molecule has 4 N–H and O–H groups in total.